The van der Waals surface area contributed by atoms with Crippen molar-refractivity contribution in [2.75, 3.05) is 12.0 Å². The molecule has 0 aliphatic heterocycles. The highest BCUT2D eigenvalue weighted by molar-refractivity contribution is 7.90. The molecule has 0 aromatic carbocycles. The van der Waals surface area contributed by atoms with Gasteiger partial charge in [-0.3, -0.25) is 4.79 Å². The maximum atomic E-state index is 12.0. The van der Waals surface area contributed by atoms with Gasteiger partial charge < -0.3 is 5.32 Å². The molecule has 0 amide bonds. The van der Waals surface area contributed by atoms with Gasteiger partial charge in [0.05, 0.1) is 11.8 Å². The number of ketones is 1. The number of hydrogen-bond donors (Lipinski definition) is 1. The average molecular weight is 263 g/mol. The first kappa shape index (κ1) is 16.6. The van der Waals surface area contributed by atoms with Gasteiger partial charge in [0, 0.05) is 18.2 Å². The highest BCUT2D eigenvalue weighted by Crippen LogP contribution is 2.07. The highest BCUT2D eigenvalue weighted by Gasteiger charge is 2.23. The molecule has 17 heavy (non-hydrogen) atoms. The van der Waals surface area contributed by atoms with Crippen molar-refractivity contribution in [2.45, 2.75) is 52.6 Å². The van der Waals surface area contributed by atoms with Crippen LogP contribution in [0.3, 0.4) is 0 Å². The maximum Gasteiger partial charge on any atom is 0.152 e. The molecule has 0 bridgehead atoms. The van der Waals surface area contributed by atoms with E-state index in [1.54, 1.807) is 0 Å². The van der Waals surface area contributed by atoms with Crippen molar-refractivity contribution < 1.29 is 13.2 Å². The zero-order chi connectivity index (χ0) is 13.6. The van der Waals surface area contributed by atoms with Crippen LogP contribution in [0.2, 0.25) is 0 Å². The Bertz CT molecular complexity index is 336. The minimum atomic E-state index is -3.01. The number of carbonyl (C=O) groups excluding carboxylic acids is 1. The monoisotopic (exact) mass is 263 g/mol. The molecule has 0 radical (unpaired) electrons. The Balaban J connectivity index is 4.57. The van der Waals surface area contributed by atoms with Gasteiger partial charge in [0.2, 0.25) is 0 Å². The van der Waals surface area contributed by atoms with Gasteiger partial charge in [0.15, 0.2) is 5.78 Å². The van der Waals surface area contributed by atoms with E-state index in [4.69, 9.17) is 0 Å². The third kappa shape index (κ3) is 7.49. The molecule has 0 aromatic heterocycles. The third-order valence-corrected chi connectivity index (χ3v) is 3.77. The van der Waals surface area contributed by atoms with Crippen LogP contribution in [0, 0.1) is 5.92 Å². The van der Waals surface area contributed by atoms with Crippen molar-refractivity contribution in [3.63, 3.8) is 0 Å². The molecule has 4 nitrogen and oxygen atoms in total. The van der Waals surface area contributed by atoms with E-state index in [9.17, 15) is 13.2 Å². The predicted octanol–water partition coefficient (Wildman–Crippen LogP) is 1.40. The summed E-state index contributed by atoms with van der Waals surface area (Å²) < 4.78 is 22.3. The number of sulfone groups is 1. The SMILES string of the molecule is CCC(C)NC(CCS(C)(=O)=O)C(=O)C(C)C. The van der Waals surface area contributed by atoms with Crippen LogP contribution in [0.15, 0.2) is 0 Å². The first-order chi connectivity index (χ1) is 7.67. The molecule has 0 rings (SSSR count). The second-order valence-corrected chi connectivity index (χ2v) is 7.26. The Labute approximate surface area is 105 Å². The number of hydrogen-bond acceptors (Lipinski definition) is 4. The molecule has 0 saturated heterocycles. The fourth-order valence-corrected chi connectivity index (χ4v) is 2.17. The van der Waals surface area contributed by atoms with Crippen molar-refractivity contribution >= 4 is 15.6 Å². The summed E-state index contributed by atoms with van der Waals surface area (Å²) >= 11 is 0. The molecular weight excluding hydrogens is 238 g/mol. The summed E-state index contributed by atoms with van der Waals surface area (Å²) in [5.41, 5.74) is 0. The summed E-state index contributed by atoms with van der Waals surface area (Å²) in [5, 5.41) is 3.21. The molecule has 0 spiro atoms. The van der Waals surface area contributed by atoms with Crippen molar-refractivity contribution in [1.29, 1.82) is 0 Å². The fraction of sp³-hybridized carbons (Fsp3) is 0.917. The van der Waals surface area contributed by atoms with E-state index in [1.165, 1.54) is 6.26 Å². The quantitative estimate of drug-likeness (QED) is 0.719. The summed E-state index contributed by atoms with van der Waals surface area (Å²) in [6, 6.07) is -0.123. The van der Waals surface area contributed by atoms with Gasteiger partial charge in [-0.1, -0.05) is 20.8 Å². The number of nitrogens with one attached hydrogen (secondary N) is 1. The van der Waals surface area contributed by atoms with Crippen LogP contribution in [0.1, 0.15) is 40.5 Å². The third-order valence-electron chi connectivity index (χ3n) is 2.79. The second-order valence-electron chi connectivity index (χ2n) is 5.00. The molecule has 2 unspecified atom stereocenters. The zero-order valence-electron chi connectivity index (χ0n) is 11.5. The summed E-state index contributed by atoms with van der Waals surface area (Å²) in [4.78, 5) is 12.0. The molecule has 0 heterocycles. The van der Waals surface area contributed by atoms with Crippen molar-refractivity contribution in [3.8, 4) is 0 Å². The Morgan fingerprint density at radius 3 is 2.12 bits per heavy atom. The van der Waals surface area contributed by atoms with E-state index < -0.39 is 9.84 Å². The predicted molar refractivity (Wildman–Crippen MR) is 70.8 cm³/mol. The van der Waals surface area contributed by atoms with E-state index in [1.807, 2.05) is 27.7 Å². The lowest BCUT2D eigenvalue weighted by molar-refractivity contribution is -0.124. The lowest BCUT2D eigenvalue weighted by Crippen LogP contribution is -2.44. The molecule has 1 N–H and O–H groups in total. The van der Waals surface area contributed by atoms with Crippen LogP contribution in [-0.2, 0) is 14.6 Å². The van der Waals surface area contributed by atoms with Gasteiger partial charge in [-0.25, -0.2) is 8.42 Å². The zero-order valence-corrected chi connectivity index (χ0v) is 12.3. The molecule has 0 aliphatic carbocycles. The van der Waals surface area contributed by atoms with Gasteiger partial charge in [-0.15, -0.1) is 0 Å². The Hall–Kier alpha value is -0.420. The minimum Gasteiger partial charge on any atom is -0.305 e. The number of carbonyl (C=O) groups is 1. The summed E-state index contributed by atoms with van der Waals surface area (Å²) in [5.74, 6) is 0.0737. The maximum absolute atomic E-state index is 12.0. The molecule has 2 atom stereocenters. The van der Waals surface area contributed by atoms with Crippen LogP contribution in [-0.4, -0.2) is 38.3 Å². The standard InChI is InChI=1S/C12H25NO3S/c1-6-10(4)13-11(12(14)9(2)3)7-8-17(5,15)16/h9-11,13H,6-8H2,1-5H3. The van der Waals surface area contributed by atoms with Crippen LogP contribution < -0.4 is 5.32 Å². The summed E-state index contributed by atoms with van der Waals surface area (Å²) in [6.07, 6.45) is 2.48. The second kappa shape index (κ2) is 7.11. The molecule has 0 saturated carbocycles. The van der Waals surface area contributed by atoms with E-state index in [0.29, 0.717) is 6.42 Å². The lowest BCUT2D eigenvalue weighted by Gasteiger charge is -2.23. The first-order valence-electron chi connectivity index (χ1n) is 6.14. The van der Waals surface area contributed by atoms with Gasteiger partial charge >= 0.3 is 0 Å². The van der Waals surface area contributed by atoms with E-state index >= 15 is 0 Å². The Kier molecular flexibility index (Phi) is 6.94. The highest BCUT2D eigenvalue weighted by atomic mass is 32.2. The van der Waals surface area contributed by atoms with Crippen molar-refractivity contribution in [3.05, 3.63) is 0 Å². The Morgan fingerprint density at radius 2 is 1.76 bits per heavy atom. The van der Waals surface area contributed by atoms with Crippen LogP contribution in [0.5, 0.6) is 0 Å². The minimum absolute atomic E-state index is 0.0551. The fourth-order valence-electron chi connectivity index (χ4n) is 1.50. The van der Waals surface area contributed by atoms with E-state index in [2.05, 4.69) is 5.32 Å². The molecular formula is C12H25NO3S. The largest absolute Gasteiger partial charge is 0.305 e. The molecule has 0 fully saturated rings. The lowest BCUT2D eigenvalue weighted by atomic mass is 9.99. The van der Waals surface area contributed by atoms with Gasteiger partial charge in [0.25, 0.3) is 0 Å². The van der Waals surface area contributed by atoms with Crippen LogP contribution in [0.25, 0.3) is 0 Å². The van der Waals surface area contributed by atoms with Crippen molar-refractivity contribution in [1.82, 2.24) is 5.32 Å². The molecule has 5 heteroatoms. The van der Waals surface area contributed by atoms with Crippen molar-refractivity contribution in [2.24, 2.45) is 5.92 Å². The number of Topliss-reactive ketones (excluding diaryl/α,β-unsaturated/α-hetero) is 1. The molecule has 0 aromatic rings. The van der Waals surface area contributed by atoms with Gasteiger partial charge in [-0.05, 0) is 19.8 Å². The topological polar surface area (TPSA) is 63.2 Å². The molecule has 102 valence electrons. The van der Waals surface area contributed by atoms with Gasteiger partial charge in [0.1, 0.15) is 9.84 Å². The normalized spacial score (nSPS) is 15.9. The summed E-state index contributed by atoms with van der Waals surface area (Å²) in [6.45, 7) is 7.72. The van der Waals surface area contributed by atoms with E-state index in [-0.39, 0.29) is 29.5 Å². The Morgan fingerprint density at radius 1 is 1.24 bits per heavy atom. The van der Waals surface area contributed by atoms with Crippen LogP contribution >= 0.6 is 0 Å². The van der Waals surface area contributed by atoms with Gasteiger partial charge in [-0.2, -0.15) is 0 Å². The van der Waals surface area contributed by atoms with E-state index in [0.717, 1.165) is 6.42 Å². The summed E-state index contributed by atoms with van der Waals surface area (Å²) in [7, 11) is -3.01. The first-order valence-corrected chi connectivity index (χ1v) is 8.21. The molecule has 0 aliphatic rings. The average Bonchev–Trinajstić information content (AvgIpc) is 2.21. The van der Waals surface area contributed by atoms with Crippen LogP contribution in [0.4, 0.5) is 0 Å². The number of rotatable bonds is 8. The smallest absolute Gasteiger partial charge is 0.152 e.